The molecule has 0 radical (unpaired) electrons. The maximum atomic E-state index is 5.56. The van der Waals surface area contributed by atoms with E-state index in [0.29, 0.717) is 0 Å². The molecule has 3 aromatic heterocycles. The molecule has 3 heterocycles. The van der Waals surface area contributed by atoms with Gasteiger partial charge in [0, 0.05) is 66.8 Å². The fourth-order valence-corrected chi connectivity index (χ4v) is 4.37. The number of hydrogen-bond donors (Lipinski definition) is 0. The normalized spacial score (nSPS) is 11.0. The first-order chi connectivity index (χ1) is 18.0. The number of methoxy groups -OCH3 is 2. The highest BCUT2D eigenvalue weighted by molar-refractivity contribution is 5.82. The van der Waals surface area contributed by atoms with Gasteiger partial charge in [-0.2, -0.15) is 5.10 Å². The third-order valence-electron chi connectivity index (χ3n) is 6.27. The summed E-state index contributed by atoms with van der Waals surface area (Å²) in [6.07, 6.45) is 9.19. The van der Waals surface area contributed by atoms with Crippen molar-refractivity contribution >= 4 is 22.4 Å². The van der Waals surface area contributed by atoms with Crippen molar-refractivity contribution in [2.45, 2.75) is 19.8 Å². The molecule has 8 heteroatoms. The van der Waals surface area contributed by atoms with Crippen molar-refractivity contribution in [1.29, 1.82) is 0 Å². The first-order valence-electron chi connectivity index (χ1n) is 12.2. The lowest BCUT2D eigenvalue weighted by atomic mass is 10.1. The van der Waals surface area contributed by atoms with E-state index >= 15 is 0 Å². The summed E-state index contributed by atoms with van der Waals surface area (Å²) in [5, 5.41) is 4.27. The third kappa shape index (κ3) is 5.53. The minimum absolute atomic E-state index is 0.735. The summed E-state index contributed by atoms with van der Waals surface area (Å²) in [5.74, 6) is 1.47. The fourth-order valence-electron chi connectivity index (χ4n) is 4.37. The van der Waals surface area contributed by atoms with Crippen LogP contribution in [0.4, 0.5) is 11.4 Å². The Balaban J connectivity index is 1.51. The molecule has 0 unspecified atom stereocenters. The van der Waals surface area contributed by atoms with Gasteiger partial charge in [-0.15, -0.1) is 0 Å². The summed E-state index contributed by atoms with van der Waals surface area (Å²) in [5.41, 5.74) is 7.68. The molecule has 0 saturated heterocycles. The van der Waals surface area contributed by atoms with Gasteiger partial charge in [0.2, 0.25) is 0 Å². The quantitative estimate of drug-likeness (QED) is 0.267. The van der Waals surface area contributed by atoms with Crippen LogP contribution >= 0.6 is 0 Å². The molecule has 0 atom stereocenters. The number of nitrogens with zero attached hydrogens (tertiary/aromatic N) is 6. The maximum Gasteiger partial charge on any atom is 0.124 e. The molecule has 0 amide bonds. The number of aryl methyl sites for hydroxylation is 3. The van der Waals surface area contributed by atoms with Crippen LogP contribution in [0, 0.1) is 6.92 Å². The minimum Gasteiger partial charge on any atom is -0.497 e. The van der Waals surface area contributed by atoms with E-state index in [9.17, 15) is 0 Å². The van der Waals surface area contributed by atoms with Crippen LogP contribution in [0.25, 0.3) is 22.3 Å². The number of rotatable bonds is 9. The van der Waals surface area contributed by atoms with Crippen molar-refractivity contribution in [2.75, 3.05) is 25.7 Å². The predicted molar refractivity (Wildman–Crippen MR) is 146 cm³/mol. The summed E-state index contributed by atoms with van der Waals surface area (Å²) in [6, 6.07) is 16.3. The Labute approximate surface area is 216 Å². The molecule has 188 valence electrons. The van der Waals surface area contributed by atoms with Gasteiger partial charge in [0.1, 0.15) is 11.5 Å². The van der Waals surface area contributed by atoms with E-state index in [1.807, 2.05) is 49.8 Å². The van der Waals surface area contributed by atoms with Gasteiger partial charge in [0.15, 0.2) is 0 Å². The molecule has 0 N–H and O–H groups in total. The summed E-state index contributed by atoms with van der Waals surface area (Å²) in [4.78, 5) is 16.3. The van der Waals surface area contributed by atoms with Gasteiger partial charge in [-0.1, -0.05) is 0 Å². The number of fused-ring (bicyclic) bond motifs is 1. The van der Waals surface area contributed by atoms with Crippen molar-refractivity contribution in [1.82, 2.24) is 24.7 Å². The molecule has 0 aliphatic rings. The lowest BCUT2D eigenvalue weighted by molar-refractivity contribution is 0.394. The molecule has 2 aromatic carbocycles. The van der Waals surface area contributed by atoms with Gasteiger partial charge in [-0.05, 0) is 55.7 Å². The molecule has 5 rings (SSSR count). The van der Waals surface area contributed by atoms with Crippen LogP contribution in [0.15, 0.2) is 73.3 Å². The predicted octanol–water partition coefficient (Wildman–Crippen LogP) is 5.52. The zero-order valence-corrected chi connectivity index (χ0v) is 21.5. The highest BCUT2D eigenvalue weighted by Crippen LogP contribution is 2.34. The summed E-state index contributed by atoms with van der Waals surface area (Å²) in [7, 11) is 5.22. The highest BCUT2D eigenvalue weighted by Gasteiger charge is 2.15. The standard InChI is InChI=1S/C29H30N6O2/c1-20-9-10-30-22(12-20)6-5-11-35(24-13-25(36-3)16-26(14-24)37-4)23-7-8-27-28(15-23)33-29(18-31-27)21-17-32-34(2)19-21/h7-10,12-19H,5-6,11H2,1-4H3. The number of hydrogen-bond acceptors (Lipinski definition) is 7. The lowest BCUT2D eigenvalue weighted by Gasteiger charge is -2.26. The first kappa shape index (κ1) is 24.2. The average Bonchev–Trinajstić information content (AvgIpc) is 3.36. The Morgan fingerprint density at radius 1 is 0.865 bits per heavy atom. The maximum absolute atomic E-state index is 5.56. The molecule has 0 saturated carbocycles. The molecule has 0 aliphatic carbocycles. The fraction of sp³-hybridized carbons (Fsp3) is 0.241. The van der Waals surface area contributed by atoms with E-state index in [1.165, 1.54) is 5.56 Å². The van der Waals surface area contributed by atoms with Crippen LogP contribution in [0.1, 0.15) is 17.7 Å². The van der Waals surface area contributed by atoms with E-state index in [2.05, 4.69) is 45.1 Å². The minimum atomic E-state index is 0.735. The Hall–Kier alpha value is -4.46. The van der Waals surface area contributed by atoms with Crippen molar-refractivity contribution in [3.8, 4) is 22.8 Å². The molecule has 8 nitrogen and oxygen atoms in total. The zero-order chi connectivity index (χ0) is 25.8. The van der Waals surface area contributed by atoms with Crippen LogP contribution in [-0.4, -0.2) is 45.5 Å². The third-order valence-corrected chi connectivity index (χ3v) is 6.27. The van der Waals surface area contributed by atoms with E-state index in [1.54, 1.807) is 31.3 Å². The number of aromatic nitrogens is 5. The molecule has 0 bridgehead atoms. The van der Waals surface area contributed by atoms with Crippen LogP contribution in [0.5, 0.6) is 11.5 Å². The van der Waals surface area contributed by atoms with Gasteiger partial charge < -0.3 is 14.4 Å². The molecular weight excluding hydrogens is 464 g/mol. The second kappa shape index (κ2) is 10.7. The monoisotopic (exact) mass is 494 g/mol. The summed E-state index contributed by atoms with van der Waals surface area (Å²) >= 11 is 0. The Morgan fingerprint density at radius 3 is 2.38 bits per heavy atom. The first-order valence-corrected chi connectivity index (χ1v) is 12.2. The largest absolute Gasteiger partial charge is 0.497 e. The van der Waals surface area contributed by atoms with Crippen LogP contribution in [0.3, 0.4) is 0 Å². The molecular formula is C29H30N6O2. The number of anilines is 2. The lowest BCUT2D eigenvalue weighted by Crippen LogP contribution is -2.19. The summed E-state index contributed by atoms with van der Waals surface area (Å²) < 4.78 is 12.9. The van der Waals surface area contributed by atoms with Gasteiger partial charge in [-0.3, -0.25) is 14.6 Å². The van der Waals surface area contributed by atoms with Crippen LogP contribution in [0.2, 0.25) is 0 Å². The molecule has 0 spiro atoms. The van der Waals surface area contributed by atoms with Crippen LogP contribution in [-0.2, 0) is 13.5 Å². The van der Waals surface area contributed by atoms with Crippen molar-refractivity contribution in [3.63, 3.8) is 0 Å². The van der Waals surface area contributed by atoms with E-state index in [-0.39, 0.29) is 0 Å². The Kier molecular flexibility index (Phi) is 6.98. The van der Waals surface area contributed by atoms with E-state index in [4.69, 9.17) is 14.5 Å². The Morgan fingerprint density at radius 2 is 1.68 bits per heavy atom. The topological polar surface area (TPSA) is 78.2 Å². The molecule has 0 aliphatic heterocycles. The van der Waals surface area contributed by atoms with Gasteiger partial charge in [0.05, 0.1) is 43.3 Å². The zero-order valence-electron chi connectivity index (χ0n) is 21.5. The van der Waals surface area contributed by atoms with Crippen molar-refractivity contribution in [3.05, 3.63) is 84.6 Å². The Bertz CT molecular complexity index is 1510. The number of ether oxygens (including phenoxy) is 2. The molecule has 5 aromatic rings. The highest BCUT2D eigenvalue weighted by atomic mass is 16.5. The van der Waals surface area contributed by atoms with E-state index < -0.39 is 0 Å². The van der Waals surface area contributed by atoms with Crippen LogP contribution < -0.4 is 14.4 Å². The van der Waals surface area contributed by atoms with Gasteiger partial charge in [0.25, 0.3) is 0 Å². The molecule has 37 heavy (non-hydrogen) atoms. The van der Waals surface area contributed by atoms with Gasteiger partial charge in [-0.25, -0.2) is 4.98 Å². The van der Waals surface area contributed by atoms with Crippen molar-refractivity contribution in [2.24, 2.45) is 7.05 Å². The smallest absolute Gasteiger partial charge is 0.124 e. The summed E-state index contributed by atoms with van der Waals surface area (Å²) in [6.45, 7) is 2.86. The number of benzene rings is 2. The van der Waals surface area contributed by atoms with E-state index in [0.717, 1.165) is 70.2 Å². The SMILES string of the molecule is COc1cc(OC)cc(N(CCCc2cc(C)ccn2)c2ccc3ncc(-c4cnn(C)c4)nc3c2)c1. The number of pyridine rings is 1. The average molecular weight is 495 g/mol. The second-order valence-corrected chi connectivity index (χ2v) is 8.98. The van der Waals surface area contributed by atoms with Gasteiger partial charge >= 0.3 is 0 Å². The van der Waals surface area contributed by atoms with Crippen molar-refractivity contribution < 1.29 is 9.47 Å². The molecule has 0 fully saturated rings. The second-order valence-electron chi connectivity index (χ2n) is 8.98.